The third-order valence-electron chi connectivity index (χ3n) is 5.31. The molecular weight excluding hydrogens is 458 g/mol. The minimum absolute atomic E-state index is 0.167. The number of rotatable bonds is 4. The van der Waals surface area contributed by atoms with Crippen LogP contribution in [0.15, 0.2) is 60.2 Å². The van der Waals surface area contributed by atoms with Crippen LogP contribution in [0.1, 0.15) is 23.9 Å². The first-order chi connectivity index (χ1) is 16.2. The number of esters is 1. The molecule has 172 valence electrons. The summed E-state index contributed by atoms with van der Waals surface area (Å²) in [4.78, 5) is 50.1. The lowest BCUT2D eigenvalue weighted by Gasteiger charge is -2.26. The van der Waals surface area contributed by atoms with Gasteiger partial charge >= 0.3 is 12.0 Å². The maximum atomic E-state index is 13.1. The Kier molecular flexibility index (Phi) is 6.08. The van der Waals surface area contributed by atoms with E-state index in [2.05, 4.69) is 5.32 Å². The highest BCUT2D eigenvalue weighted by Gasteiger charge is 2.37. The highest BCUT2D eigenvalue weighted by Crippen LogP contribution is 2.27. The number of halogens is 1. The summed E-state index contributed by atoms with van der Waals surface area (Å²) in [7, 11) is 0. The number of hydrogen-bond acceptors (Lipinski definition) is 5. The first kappa shape index (κ1) is 23.0. The van der Waals surface area contributed by atoms with Gasteiger partial charge in [0.05, 0.1) is 5.69 Å². The van der Waals surface area contributed by atoms with Gasteiger partial charge in [0.2, 0.25) is 0 Å². The molecule has 4 amide bonds. The summed E-state index contributed by atoms with van der Waals surface area (Å²) >= 11 is 5.90. The predicted octanol–water partition coefficient (Wildman–Crippen LogP) is 4.34. The van der Waals surface area contributed by atoms with E-state index in [-0.39, 0.29) is 5.57 Å². The minimum Gasteiger partial charge on any atom is -0.427 e. The highest BCUT2D eigenvalue weighted by atomic mass is 35.5. The standard InChI is InChI=1S/C25H20ClN3O5/c1-14-12-17(15(2)28(14)19-8-10-21(11-9-19)34-16(3)30)13-22-23(31)27-25(33)29(24(22)32)20-6-4-18(26)5-7-20/h4-13H,1-3H3,(H,27,31,33)/b22-13+. The number of nitrogens with one attached hydrogen (secondary N) is 1. The number of barbiturate groups is 1. The Bertz CT molecular complexity index is 1350. The van der Waals surface area contributed by atoms with E-state index in [1.54, 1.807) is 36.4 Å². The average molecular weight is 478 g/mol. The van der Waals surface area contributed by atoms with Crippen LogP contribution in [0.25, 0.3) is 11.8 Å². The number of aryl methyl sites for hydroxylation is 1. The van der Waals surface area contributed by atoms with Crippen LogP contribution < -0.4 is 15.0 Å². The van der Waals surface area contributed by atoms with Gasteiger partial charge in [-0.2, -0.15) is 0 Å². The van der Waals surface area contributed by atoms with Crippen LogP contribution in [-0.4, -0.2) is 28.4 Å². The Hall–Kier alpha value is -4.17. The van der Waals surface area contributed by atoms with Crippen LogP contribution in [0.5, 0.6) is 5.75 Å². The molecule has 3 aromatic rings. The molecule has 1 fully saturated rings. The maximum absolute atomic E-state index is 13.1. The largest absolute Gasteiger partial charge is 0.427 e. The molecule has 0 atom stereocenters. The number of anilines is 1. The number of nitrogens with zero attached hydrogens (tertiary/aromatic N) is 2. The SMILES string of the molecule is CC(=O)Oc1ccc(-n2c(C)cc(/C=C3\C(=O)NC(=O)N(c4ccc(Cl)cc4)C3=O)c2C)cc1. The fourth-order valence-corrected chi connectivity index (χ4v) is 3.92. The lowest BCUT2D eigenvalue weighted by molar-refractivity contribution is -0.132. The van der Waals surface area contributed by atoms with Crippen molar-refractivity contribution in [2.24, 2.45) is 0 Å². The van der Waals surface area contributed by atoms with Crippen LogP contribution in [-0.2, 0) is 14.4 Å². The molecule has 2 heterocycles. The minimum atomic E-state index is -0.826. The van der Waals surface area contributed by atoms with Crippen LogP contribution in [0, 0.1) is 13.8 Å². The number of ether oxygens (including phenoxy) is 1. The first-order valence-corrected chi connectivity index (χ1v) is 10.7. The van der Waals surface area contributed by atoms with E-state index in [0.29, 0.717) is 22.0 Å². The Labute approximate surface area is 200 Å². The fourth-order valence-electron chi connectivity index (χ4n) is 3.80. The van der Waals surface area contributed by atoms with E-state index in [0.717, 1.165) is 22.0 Å². The fraction of sp³-hybridized carbons (Fsp3) is 0.120. The van der Waals surface area contributed by atoms with Gasteiger partial charge < -0.3 is 9.30 Å². The molecular formula is C25H20ClN3O5. The van der Waals surface area contributed by atoms with Gasteiger partial charge in [0.15, 0.2) is 0 Å². The number of hydrogen-bond donors (Lipinski definition) is 1. The van der Waals surface area contributed by atoms with E-state index in [9.17, 15) is 19.2 Å². The van der Waals surface area contributed by atoms with Crippen molar-refractivity contribution in [3.05, 3.63) is 82.1 Å². The van der Waals surface area contributed by atoms with Gasteiger partial charge in [-0.3, -0.25) is 19.7 Å². The van der Waals surface area contributed by atoms with Crippen LogP contribution in [0.2, 0.25) is 5.02 Å². The molecule has 1 aliphatic rings. The van der Waals surface area contributed by atoms with Gasteiger partial charge in [-0.25, -0.2) is 9.69 Å². The smallest absolute Gasteiger partial charge is 0.335 e. The lowest BCUT2D eigenvalue weighted by atomic mass is 10.1. The normalized spacial score (nSPS) is 15.0. The molecule has 8 nitrogen and oxygen atoms in total. The Morgan fingerprint density at radius 3 is 2.21 bits per heavy atom. The van der Waals surface area contributed by atoms with Crippen molar-refractivity contribution >= 4 is 47.2 Å². The Morgan fingerprint density at radius 1 is 0.971 bits per heavy atom. The second kappa shape index (κ2) is 8.99. The third-order valence-corrected chi connectivity index (χ3v) is 5.57. The molecule has 2 aromatic carbocycles. The first-order valence-electron chi connectivity index (χ1n) is 10.3. The van der Waals surface area contributed by atoms with Crippen molar-refractivity contribution in [3.63, 3.8) is 0 Å². The molecule has 1 N–H and O–H groups in total. The van der Waals surface area contributed by atoms with E-state index in [4.69, 9.17) is 16.3 Å². The van der Waals surface area contributed by atoms with Gasteiger partial charge in [0.25, 0.3) is 11.8 Å². The molecule has 0 saturated carbocycles. The average Bonchev–Trinajstić information content (AvgIpc) is 3.05. The van der Waals surface area contributed by atoms with Crippen molar-refractivity contribution in [1.29, 1.82) is 0 Å². The van der Waals surface area contributed by atoms with Crippen molar-refractivity contribution in [2.45, 2.75) is 20.8 Å². The van der Waals surface area contributed by atoms with Gasteiger partial charge in [-0.1, -0.05) is 11.6 Å². The van der Waals surface area contributed by atoms with Crippen molar-refractivity contribution in [1.82, 2.24) is 9.88 Å². The third kappa shape index (κ3) is 4.35. The number of carbonyl (C=O) groups is 4. The zero-order valence-electron chi connectivity index (χ0n) is 18.6. The molecule has 1 aliphatic heterocycles. The van der Waals surface area contributed by atoms with Crippen LogP contribution >= 0.6 is 11.6 Å². The number of aromatic nitrogens is 1. The van der Waals surface area contributed by atoms with Crippen molar-refractivity contribution < 1.29 is 23.9 Å². The topological polar surface area (TPSA) is 97.7 Å². The Balaban J connectivity index is 1.70. The zero-order valence-corrected chi connectivity index (χ0v) is 19.3. The van der Waals surface area contributed by atoms with E-state index >= 15 is 0 Å². The number of urea groups is 1. The predicted molar refractivity (Wildman–Crippen MR) is 127 cm³/mol. The Morgan fingerprint density at radius 2 is 1.59 bits per heavy atom. The van der Waals surface area contributed by atoms with Gasteiger partial charge in [0.1, 0.15) is 11.3 Å². The van der Waals surface area contributed by atoms with Gasteiger partial charge in [-0.15, -0.1) is 0 Å². The summed E-state index contributed by atoms with van der Waals surface area (Å²) in [6.45, 7) is 5.08. The summed E-state index contributed by atoms with van der Waals surface area (Å²) in [5.74, 6) is -1.48. The second-order valence-electron chi connectivity index (χ2n) is 7.68. The summed E-state index contributed by atoms with van der Waals surface area (Å²) < 4.78 is 7.02. The van der Waals surface area contributed by atoms with Crippen LogP contribution in [0.3, 0.4) is 0 Å². The van der Waals surface area contributed by atoms with Crippen LogP contribution in [0.4, 0.5) is 10.5 Å². The quantitative estimate of drug-likeness (QED) is 0.261. The molecule has 0 spiro atoms. The molecule has 34 heavy (non-hydrogen) atoms. The number of amides is 4. The summed E-state index contributed by atoms with van der Waals surface area (Å²) in [6, 6.07) is 14.1. The molecule has 1 aromatic heterocycles. The number of carbonyl (C=O) groups excluding carboxylic acids is 4. The molecule has 9 heteroatoms. The zero-order chi connectivity index (χ0) is 24.6. The van der Waals surface area contributed by atoms with Gasteiger partial charge in [0, 0.05) is 29.0 Å². The monoisotopic (exact) mass is 477 g/mol. The molecule has 0 aliphatic carbocycles. The van der Waals surface area contributed by atoms with Gasteiger partial charge in [-0.05, 0) is 80.1 Å². The lowest BCUT2D eigenvalue weighted by Crippen LogP contribution is -2.54. The maximum Gasteiger partial charge on any atom is 0.335 e. The van der Waals surface area contributed by atoms with Crippen molar-refractivity contribution in [2.75, 3.05) is 4.90 Å². The molecule has 4 rings (SSSR count). The van der Waals surface area contributed by atoms with E-state index in [1.807, 2.05) is 24.5 Å². The highest BCUT2D eigenvalue weighted by molar-refractivity contribution is 6.39. The summed E-state index contributed by atoms with van der Waals surface area (Å²) in [5, 5.41) is 2.67. The second-order valence-corrected chi connectivity index (χ2v) is 8.12. The number of benzene rings is 2. The van der Waals surface area contributed by atoms with E-state index < -0.39 is 23.8 Å². The number of imide groups is 2. The molecule has 1 saturated heterocycles. The summed E-state index contributed by atoms with van der Waals surface area (Å²) in [5.41, 5.74) is 3.22. The molecule has 0 radical (unpaired) electrons. The molecule has 0 bridgehead atoms. The molecule has 0 unspecified atom stereocenters. The van der Waals surface area contributed by atoms with Crippen molar-refractivity contribution in [3.8, 4) is 11.4 Å². The summed E-state index contributed by atoms with van der Waals surface area (Å²) in [6.07, 6.45) is 1.47. The van der Waals surface area contributed by atoms with E-state index in [1.165, 1.54) is 25.1 Å².